The molecular formula is C17H20N2O5S2. The maximum absolute atomic E-state index is 12.1. The van der Waals surface area contributed by atoms with Gasteiger partial charge in [-0.25, -0.2) is 14.6 Å². The fraction of sp³-hybridized carbons (Fsp3) is 0.412. The van der Waals surface area contributed by atoms with Crippen LogP contribution in [0.3, 0.4) is 0 Å². The first-order valence-corrected chi connectivity index (χ1v) is 9.75. The van der Waals surface area contributed by atoms with Crippen molar-refractivity contribution in [3.8, 4) is 9.88 Å². The predicted molar refractivity (Wildman–Crippen MR) is 99.1 cm³/mol. The molecule has 9 heteroatoms. The molecule has 0 fully saturated rings. The van der Waals surface area contributed by atoms with Gasteiger partial charge in [0.15, 0.2) is 12.3 Å². The van der Waals surface area contributed by atoms with Crippen LogP contribution in [0.15, 0.2) is 22.9 Å². The highest BCUT2D eigenvalue weighted by atomic mass is 32.1. The summed E-state index contributed by atoms with van der Waals surface area (Å²) in [7, 11) is 1.26. The number of rotatable bonds is 8. The number of thiazole rings is 1. The van der Waals surface area contributed by atoms with E-state index in [1.807, 2.05) is 31.4 Å². The van der Waals surface area contributed by atoms with Crippen LogP contribution in [0.25, 0.3) is 9.88 Å². The fourth-order valence-electron chi connectivity index (χ4n) is 2.10. The van der Waals surface area contributed by atoms with Crippen molar-refractivity contribution < 1.29 is 23.9 Å². The predicted octanol–water partition coefficient (Wildman–Crippen LogP) is 2.73. The summed E-state index contributed by atoms with van der Waals surface area (Å²) in [5.74, 6) is -1.88. The summed E-state index contributed by atoms with van der Waals surface area (Å²) in [6.45, 7) is 3.24. The van der Waals surface area contributed by atoms with Crippen LogP contribution in [0, 0.1) is 5.92 Å². The Morgan fingerprint density at radius 2 is 2.08 bits per heavy atom. The topological polar surface area (TPSA) is 94.6 Å². The summed E-state index contributed by atoms with van der Waals surface area (Å²) in [5.41, 5.74) is 0.151. The maximum Gasteiger partial charge on any atom is 0.358 e. The van der Waals surface area contributed by atoms with Crippen molar-refractivity contribution in [2.45, 2.75) is 26.3 Å². The van der Waals surface area contributed by atoms with Gasteiger partial charge in [-0.3, -0.25) is 4.79 Å². The molecule has 2 aromatic heterocycles. The number of amides is 1. The Balaban J connectivity index is 1.90. The molecule has 140 valence electrons. The average molecular weight is 396 g/mol. The van der Waals surface area contributed by atoms with Crippen molar-refractivity contribution >= 4 is 40.5 Å². The molecule has 2 heterocycles. The molecule has 2 atom stereocenters. The molecule has 0 radical (unpaired) electrons. The molecule has 2 aromatic rings. The number of esters is 2. The van der Waals surface area contributed by atoms with Gasteiger partial charge in [0.2, 0.25) is 0 Å². The molecule has 0 saturated carbocycles. The third-order valence-corrected chi connectivity index (χ3v) is 5.65. The second kappa shape index (κ2) is 9.44. The van der Waals surface area contributed by atoms with E-state index in [2.05, 4.69) is 10.3 Å². The SMILES string of the molecule is CC[C@@H](C)[C@H](NC(=O)COC(=O)c1csc(-c2cccs2)n1)C(=O)OC. The lowest BCUT2D eigenvalue weighted by atomic mass is 9.99. The first kappa shape index (κ1) is 20.1. The fourth-order valence-corrected chi connectivity index (χ4v) is 3.70. The van der Waals surface area contributed by atoms with E-state index in [1.54, 1.807) is 5.38 Å². The van der Waals surface area contributed by atoms with Crippen molar-refractivity contribution in [2.24, 2.45) is 5.92 Å². The third-order valence-electron chi connectivity index (χ3n) is 3.76. The van der Waals surface area contributed by atoms with Crippen molar-refractivity contribution in [1.29, 1.82) is 0 Å². The summed E-state index contributed by atoms with van der Waals surface area (Å²) in [6, 6.07) is 3.04. The Bertz CT molecular complexity index is 757. The van der Waals surface area contributed by atoms with Crippen LogP contribution in [-0.4, -0.2) is 42.6 Å². The first-order chi connectivity index (χ1) is 12.5. The third kappa shape index (κ3) is 5.12. The number of ether oxygens (including phenoxy) is 2. The van der Waals surface area contributed by atoms with E-state index >= 15 is 0 Å². The van der Waals surface area contributed by atoms with Gasteiger partial charge in [-0.2, -0.15) is 0 Å². The molecule has 0 unspecified atom stereocenters. The minimum atomic E-state index is -0.777. The summed E-state index contributed by atoms with van der Waals surface area (Å²) >= 11 is 2.85. The summed E-state index contributed by atoms with van der Waals surface area (Å²) in [5, 5.41) is 6.78. The van der Waals surface area contributed by atoms with E-state index in [-0.39, 0.29) is 11.6 Å². The maximum atomic E-state index is 12.1. The van der Waals surface area contributed by atoms with Gasteiger partial charge in [0, 0.05) is 5.38 Å². The Morgan fingerprint density at radius 1 is 1.31 bits per heavy atom. The molecule has 0 spiro atoms. The number of carbonyl (C=O) groups excluding carboxylic acids is 3. The minimum absolute atomic E-state index is 0.103. The molecule has 7 nitrogen and oxygen atoms in total. The quantitative estimate of drug-likeness (QED) is 0.690. The molecule has 1 N–H and O–H groups in total. The molecule has 1 amide bonds. The molecule has 0 aliphatic rings. The second-order valence-corrected chi connectivity index (χ2v) is 7.35. The van der Waals surface area contributed by atoms with Gasteiger partial charge in [-0.05, 0) is 17.4 Å². The number of hydrogen-bond donors (Lipinski definition) is 1. The minimum Gasteiger partial charge on any atom is -0.467 e. The number of methoxy groups -OCH3 is 1. The first-order valence-electron chi connectivity index (χ1n) is 8.00. The van der Waals surface area contributed by atoms with Gasteiger partial charge in [-0.1, -0.05) is 26.3 Å². The highest BCUT2D eigenvalue weighted by molar-refractivity contribution is 7.20. The van der Waals surface area contributed by atoms with Crippen LogP contribution in [0.4, 0.5) is 0 Å². The van der Waals surface area contributed by atoms with Crippen LogP contribution in [-0.2, 0) is 19.1 Å². The molecule has 26 heavy (non-hydrogen) atoms. The number of aromatic nitrogens is 1. The molecule has 0 bridgehead atoms. The number of hydrogen-bond acceptors (Lipinski definition) is 8. The van der Waals surface area contributed by atoms with E-state index in [9.17, 15) is 14.4 Å². The van der Waals surface area contributed by atoms with Crippen LogP contribution in [0.1, 0.15) is 30.8 Å². The summed E-state index contributed by atoms with van der Waals surface area (Å²) < 4.78 is 9.69. The number of carbonyl (C=O) groups is 3. The highest BCUT2D eigenvalue weighted by Gasteiger charge is 2.27. The number of nitrogens with one attached hydrogen (secondary N) is 1. The van der Waals surface area contributed by atoms with Gasteiger partial charge >= 0.3 is 11.9 Å². The summed E-state index contributed by atoms with van der Waals surface area (Å²) in [4.78, 5) is 41.0. The highest BCUT2D eigenvalue weighted by Crippen LogP contribution is 2.27. The monoisotopic (exact) mass is 396 g/mol. The number of thiophene rings is 1. The molecule has 0 aliphatic heterocycles. The zero-order valence-corrected chi connectivity index (χ0v) is 16.3. The lowest BCUT2D eigenvalue weighted by molar-refractivity contribution is -0.147. The number of nitrogens with zero attached hydrogens (tertiary/aromatic N) is 1. The van der Waals surface area contributed by atoms with Crippen LogP contribution in [0.2, 0.25) is 0 Å². The van der Waals surface area contributed by atoms with E-state index in [1.165, 1.54) is 29.8 Å². The Kier molecular flexibility index (Phi) is 7.28. The van der Waals surface area contributed by atoms with Crippen LogP contribution in [0.5, 0.6) is 0 Å². The molecule has 2 rings (SSSR count). The Morgan fingerprint density at radius 3 is 2.69 bits per heavy atom. The van der Waals surface area contributed by atoms with E-state index in [0.717, 1.165) is 9.88 Å². The average Bonchev–Trinajstić information content (AvgIpc) is 3.34. The van der Waals surface area contributed by atoms with Gasteiger partial charge in [-0.15, -0.1) is 22.7 Å². The van der Waals surface area contributed by atoms with Gasteiger partial charge in [0.05, 0.1) is 12.0 Å². The van der Waals surface area contributed by atoms with Crippen LogP contribution < -0.4 is 5.32 Å². The van der Waals surface area contributed by atoms with Crippen molar-refractivity contribution in [3.63, 3.8) is 0 Å². The smallest absolute Gasteiger partial charge is 0.358 e. The molecule has 0 saturated heterocycles. The van der Waals surface area contributed by atoms with Gasteiger partial charge in [0.25, 0.3) is 5.91 Å². The lowest BCUT2D eigenvalue weighted by Gasteiger charge is -2.21. The zero-order valence-electron chi connectivity index (χ0n) is 14.7. The molecule has 0 aliphatic carbocycles. The second-order valence-electron chi connectivity index (χ2n) is 5.55. The van der Waals surface area contributed by atoms with Crippen molar-refractivity contribution in [1.82, 2.24) is 10.3 Å². The van der Waals surface area contributed by atoms with Crippen molar-refractivity contribution in [2.75, 3.05) is 13.7 Å². The Hall–Kier alpha value is -2.26. The Labute approximate surface area is 159 Å². The van der Waals surface area contributed by atoms with E-state index < -0.39 is 30.5 Å². The van der Waals surface area contributed by atoms with Crippen LogP contribution >= 0.6 is 22.7 Å². The van der Waals surface area contributed by atoms with Crippen molar-refractivity contribution in [3.05, 3.63) is 28.6 Å². The largest absolute Gasteiger partial charge is 0.467 e. The lowest BCUT2D eigenvalue weighted by Crippen LogP contribution is -2.47. The van der Waals surface area contributed by atoms with E-state index in [4.69, 9.17) is 9.47 Å². The normalized spacial score (nSPS) is 12.9. The molecular weight excluding hydrogens is 376 g/mol. The van der Waals surface area contributed by atoms with E-state index in [0.29, 0.717) is 6.42 Å². The standard InChI is InChI=1S/C17H20N2O5S2/c1-4-10(2)14(17(22)23-3)19-13(20)8-24-16(21)11-9-26-15(18-11)12-6-5-7-25-12/h5-7,9-10,14H,4,8H2,1-3H3,(H,19,20)/t10-,14+/m1/s1. The van der Waals surface area contributed by atoms with Gasteiger partial charge in [0.1, 0.15) is 11.0 Å². The van der Waals surface area contributed by atoms with Gasteiger partial charge < -0.3 is 14.8 Å². The molecule has 0 aromatic carbocycles. The zero-order chi connectivity index (χ0) is 19.1. The summed E-state index contributed by atoms with van der Waals surface area (Å²) in [6.07, 6.45) is 0.685.